The standard InChI is InChI=1S/C19H19F3N2O4/c1-24(10-12-4-6-27-11-12)18(26)13-7-14(19(20,21)22)9-15(8-13)23-17(25)16-3-2-5-28-16/h4,6-9,11,16H,2-3,5,10H2,1H3,(H,23,25)/t16-/m0/s1. The fourth-order valence-electron chi connectivity index (χ4n) is 2.94. The van der Waals surface area contributed by atoms with Gasteiger partial charge in [0.15, 0.2) is 0 Å². The van der Waals surface area contributed by atoms with E-state index in [1.54, 1.807) is 6.07 Å². The second-order valence-electron chi connectivity index (χ2n) is 6.58. The van der Waals surface area contributed by atoms with Crippen molar-refractivity contribution in [2.75, 3.05) is 19.0 Å². The molecule has 0 bridgehead atoms. The molecule has 28 heavy (non-hydrogen) atoms. The van der Waals surface area contributed by atoms with Gasteiger partial charge in [-0.2, -0.15) is 13.2 Å². The van der Waals surface area contributed by atoms with Crippen LogP contribution in [0.2, 0.25) is 0 Å². The molecule has 0 saturated carbocycles. The van der Waals surface area contributed by atoms with Crippen LogP contribution in [0, 0.1) is 0 Å². The third kappa shape index (κ3) is 4.72. The smallest absolute Gasteiger partial charge is 0.416 e. The number of nitrogens with one attached hydrogen (secondary N) is 1. The Morgan fingerprint density at radius 1 is 1.29 bits per heavy atom. The zero-order valence-electron chi connectivity index (χ0n) is 15.1. The van der Waals surface area contributed by atoms with Crippen LogP contribution >= 0.6 is 0 Å². The predicted molar refractivity (Wildman–Crippen MR) is 93.6 cm³/mol. The number of alkyl halides is 3. The number of carbonyl (C=O) groups excluding carboxylic acids is 2. The van der Waals surface area contributed by atoms with Crippen molar-refractivity contribution < 1.29 is 31.9 Å². The number of halogens is 3. The quantitative estimate of drug-likeness (QED) is 0.837. The van der Waals surface area contributed by atoms with Gasteiger partial charge in [0.1, 0.15) is 6.10 Å². The largest absolute Gasteiger partial charge is 0.472 e. The fourth-order valence-corrected chi connectivity index (χ4v) is 2.94. The number of nitrogens with zero attached hydrogens (tertiary/aromatic N) is 1. The zero-order valence-corrected chi connectivity index (χ0v) is 15.1. The molecule has 1 saturated heterocycles. The maximum Gasteiger partial charge on any atom is 0.416 e. The molecule has 1 aromatic heterocycles. The van der Waals surface area contributed by atoms with Gasteiger partial charge < -0.3 is 19.4 Å². The Kier molecular flexibility index (Phi) is 5.73. The molecule has 1 aliphatic heterocycles. The van der Waals surface area contributed by atoms with E-state index in [9.17, 15) is 22.8 Å². The van der Waals surface area contributed by atoms with Crippen LogP contribution in [0.5, 0.6) is 0 Å². The van der Waals surface area contributed by atoms with Crippen LogP contribution in [0.4, 0.5) is 18.9 Å². The third-order valence-corrected chi connectivity index (χ3v) is 4.34. The van der Waals surface area contributed by atoms with Gasteiger partial charge in [-0.3, -0.25) is 9.59 Å². The number of hydrogen-bond acceptors (Lipinski definition) is 4. The summed E-state index contributed by atoms with van der Waals surface area (Å²) in [5, 5.41) is 2.43. The van der Waals surface area contributed by atoms with E-state index in [1.807, 2.05) is 0 Å². The van der Waals surface area contributed by atoms with E-state index in [1.165, 1.54) is 30.5 Å². The molecule has 1 N–H and O–H groups in total. The second-order valence-corrected chi connectivity index (χ2v) is 6.58. The summed E-state index contributed by atoms with van der Waals surface area (Å²) < 4.78 is 50.0. The van der Waals surface area contributed by atoms with E-state index in [0.29, 0.717) is 25.0 Å². The first kappa shape index (κ1) is 19.9. The van der Waals surface area contributed by atoms with E-state index in [0.717, 1.165) is 12.1 Å². The van der Waals surface area contributed by atoms with Gasteiger partial charge in [0.25, 0.3) is 11.8 Å². The Morgan fingerprint density at radius 2 is 2.07 bits per heavy atom. The van der Waals surface area contributed by atoms with Gasteiger partial charge in [-0.1, -0.05) is 0 Å². The maximum atomic E-state index is 13.3. The Hall–Kier alpha value is -2.81. The summed E-state index contributed by atoms with van der Waals surface area (Å²) in [6.45, 7) is 0.604. The molecule has 0 unspecified atom stereocenters. The number of rotatable bonds is 5. The molecule has 0 aliphatic carbocycles. The number of ether oxygens (including phenoxy) is 1. The van der Waals surface area contributed by atoms with Crippen LogP contribution < -0.4 is 5.32 Å². The summed E-state index contributed by atoms with van der Waals surface area (Å²) in [5.74, 6) is -1.14. The van der Waals surface area contributed by atoms with Crippen LogP contribution in [-0.4, -0.2) is 36.5 Å². The number of amides is 2. The van der Waals surface area contributed by atoms with Crippen molar-refractivity contribution in [1.82, 2.24) is 4.90 Å². The fraction of sp³-hybridized carbons (Fsp3) is 0.368. The van der Waals surface area contributed by atoms with Crippen molar-refractivity contribution >= 4 is 17.5 Å². The van der Waals surface area contributed by atoms with Crippen molar-refractivity contribution in [3.8, 4) is 0 Å². The highest BCUT2D eigenvalue weighted by molar-refractivity contribution is 5.98. The molecule has 2 amide bonds. The molecule has 1 aromatic carbocycles. The molecule has 150 valence electrons. The molecule has 1 fully saturated rings. The van der Waals surface area contributed by atoms with E-state index in [2.05, 4.69) is 5.32 Å². The van der Waals surface area contributed by atoms with Gasteiger partial charge in [0.2, 0.25) is 0 Å². The molecule has 1 atom stereocenters. The monoisotopic (exact) mass is 396 g/mol. The van der Waals surface area contributed by atoms with Crippen molar-refractivity contribution in [3.05, 3.63) is 53.5 Å². The highest BCUT2D eigenvalue weighted by atomic mass is 19.4. The predicted octanol–water partition coefficient (Wildman–Crippen LogP) is 3.69. The molecule has 9 heteroatoms. The lowest BCUT2D eigenvalue weighted by Gasteiger charge is -2.19. The molecule has 2 aromatic rings. The minimum Gasteiger partial charge on any atom is -0.472 e. The number of anilines is 1. The molecule has 0 radical (unpaired) electrons. The van der Waals surface area contributed by atoms with Crippen molar-refractivity contribution in [2.24, 2.45) is 0 Å². The summed E-state index contributed by atoms with van der Waals surface area (Å²) >= 11 is 0. The summed E-state index contributed by atoms with van der Waals surface area (Å²) in [6, 6.07) is 4.47. The van der Waals surface area contributed by atoms with Gasteiger partial charge in [-0.15, -0.1) is 0 Å². The molecule has 0 spiro atoms. The van der Waals surface area contributed by atoms with Crippen LogP contribution in [0.15, 0.2) is 41.2 Å². The van der Waals surface area contributed by atoms with Crippen molar-refractivity contribution in [3.63, 3.8) is 0 Å². The first-order chi connectivity index (χ1) is 13.2. The van der Waals surface area contributed by atoms with E-state index < -0.39 is 29.7 Å². The number of carbonyl (C=O) groups is 2. The maximum absolute atomic E-state index is 13.3. The topological polar surface area (TPSA) is 71.8 Å². The summed E-state index contributed by atoms with van der Waals surface area (Å²) in [6.07, 6.45) is -1.26. The average Bonchev–Trinajstić information content (AvgIpc) is 3.33. The van der Waals surface area contributed by atoms with Gasteiger partial charge >= 0.3 is 6.18 Å². The first-order valence-electron chi connectivity index (χ1n) is 8.65. The molecule has 2 heterocycles. The minimum atomic E-state index is -4.66. The third-order valence-electron chi connectivity index (χ3n) is 4.34. The van der Waals surface area contributed by atoms with E-state index >= 15 is 0 Å². The normalized spacial score (nSPS) is 16.8. The van der Waals surface area contributed by atoms with Crippen LogP contribution in [0.1, 0.15) is 34.3 Å². The number of hydrogen-bond donors (Lipinski definition) is 1. The lowest BCUT2D eigenvalue weighted by molar-refractivity contribution is -0.137. The van der Waals surface area contributed by atoms with Crippen molar-refractivity contribution in [1.29, 1.82) is 0 Å². The Balaban J connectivity index is 1.84. The minimum absolute atomic E-state index is 0.101. The average molecular weight is 396 g/mol. The molecular formula is C19H19F3N2O4. The first-order valence-corrected chi connectivity index (χ1v) is 8.65. The zero-order chi connectivity index (χ0) is 20.3. The lowest BCUT2D eigenvalue weighted by atomic mass is 10.1. The molecular weight excluding hydrogens is 377 g/mol. The second kappa shape index (κ2) is 8.05. The van der Waals surface area contributed by atoms with Gasteiger partial charge in [-0.25, -0.2) is 0 Å². The Bertz CT molecular complexity index is 843. The van der Waals surface area contributed by atoms with Gasteiger partial charge in [0.05, 0.1) is 18.1 Å². The van der Waals surface area contributed by atoms with Crippen molar-refractivity contribution in [2.45, 2.75) is 31.7 Å². The van der Waals surface area contributed by atoms with Crippen LogP contribution in [0.3, 0.4) is 0 Å². The van der Waals surface area contributed by atoms with E-state index in [4.69, 9.17) is 9.15 Å². The van der Waals surface area contributed by atoms with Gasteiger partial charge in [-0.05, 0) is 37.1 Å². The summed E-state index contributed by atoms with van der Waals surface area (Å²) in [5.41, 5.74) is -0.591. The number of benzene rings is 1. The van der Waals surface area contributed by atoms with Crippen LogP contribution in [0.25, 0.3) is 0 Å². The highest BCUT2D eigenvalue weighted by Gasteiger charge is 2.33. The van der Waals surface area contributed by atoms with Crippen LogP contribution in [-0.2, 0) is 22.3 Å². The highest BCUT2D eigenvalue weighted by Crippen LogP contribution is 2.32. The molecule has 3 rings (SSSR count). The lowest BCUT2D eigenvalue weighted by Crippen LogP contribution is -2.28. The summed E-state index contributed by atoms with van der Waals surface area (Å²) in [7, 11) is 1.47. The van der Waals surface area contributed by atoms with Gasteiger partial charge in [0, 0.05) is 37.0 Å². The van der Waals surface area contributed by atoms with E-state index in [-0.39, 0.29) is 17.8 Å². The summed E-state index contributed by atoms with van der Waals surface area (Å²) in [4.78, 5) is 26.1. The molecule has 1 aliphatic rings. The molecule has 6 nitrogen and oxygen atoms in total. The Morgan fingerprint density at radius 3 is 2.68 bits per heavy atom. The number of furan rings is 1. The Labute approximate surface area is 159 Å². The SMILES string of the molecule is CN(Cc1ccoc1)C(=O)c1cc(NC(=O)[C@@H]2CCCO2)cc(C(F)(F)F)c1.